The second-order valence-corrected chi connectivity index (χ2v) is 7.26. The Balaban J connectivity index is 2.23. The van der Waals surface area contributed by atoms with E-state index in [1.54, 1.807) is 4.90 Å². The van der Waals surface area contributed by atoms with E-state index in [-0.39, 0.29) is 17.2 Å². The molecule has 1 atom stereocenters. The number of hydrogen-bond acceptors (Lipinski definition) is 2. The van der Waals surface area contributed by atoms with E-state index < -0.39 is 0 Å². The van der Waals surface area contributed by atoms with E-state index >= 15 is 0 Å². The van der Waals surface area contributed by atoms with E-state index in [0.717, 1.165) is 10.2 Å². The van der Waals surface area contributed by atoms with Gasteiger partial charge in [0.2, 0.25) is 5.91 Å². The Labute approximate surface area is 133 Å². The van der Waals surface area contributed by atoms with Crippen molar-refractivity contribution in [2.75, 3.05) is 18.0 Å². The molecule has 0 bridgehead atoms. The maximum absolute atomic E-state index is 12.2. The molecule has 0 N–H and O–H groups in total. The van der Waals surface area contributed by atoms with Crippen LogP contribution in [-0.2, 0) is 10.2 Å². The first-order valence-electron chi connectivity index (χ1n) is 6.94. The van der Waals surface area contributed by atoms with Gasteiger partial charge >= 0.3 is 0 Å². The summed E-state index contributed by atoms with van der Waals surface area (Å²) >= 11 is 3.57. The lowest BCUT2D eigenvalue weighted by Gasteiger charge is -2.23. The molecule has 1 aliphatic rings. The second kappa shape index (κ2) is 6.08. The van der Waals surface area contributed by atoms with Crippen molar-refractivity contribution in [3.05, 3.63) is 38.7 Å². The first-order valence-corrected chi connectivity index (χ1v) is 7.73. The van der Waals surface area contributed by atoms with Crippen LogP contribution in [0.5, 0.6) is 0 Å². The molecule has 1 aromatic carbocycles. The highest BCUT2D eigenvalue weighted by Gasteiger charge is 2.31. The van der Waals surface area contributed by atoms with Crippen LogP contribution in [0.15, 0.2) is 27.8 Å². The number of carbonyl (C=O) groups is 1. The Bertz CT molecular complexity index is 602. The zero-order valence-corrected chi connectivity index (χ0v) is 14.1. The van der Waals surface area contributed by atoms with Gasteiger partial charge in [-0.25, -0.2) is 0 Å². The lowest BCUT2D eigenvalue weighted by atomic mass is 9.87. The molecule has 1 fully saturated rings. The summed E-state index contributed by atoms with van der Waals surface area (Å²) in [5.41, 5.74) is 10.6. The molecule has 0 spiro atoms. The van der Waals surface area contributed by atoms with Crippen LogP contribution in [0.2, 0.25) is 0 Å². The van der Waals surface area contributed by atoms with Crippen LogP contribution in [0.25, 0.3) is 10.4 Å². The van der Waals surface area contributed by atoms with E-state index in [0.29, 0.717) is 19.5 Å². The summed E-state index contributed by atoms with van der Waals surface area (Å²) < 4.78 is 0.924. The highest BCUT2D eigenvalue weighted by Crippen LogP contribution is 2.35. The van der Waals surface area contributed by atoms with Crippen molar-refractivity contribution in [1.29, 1.82) is 0 Å². The van der Waals surface area contributed by atoms with E-state index in [9.17, 15) is 4.79 Å². The van der Waals surface area contributed by atoms with Gasteiger partial charge in [0, 0.05) is 28.9 Å². The maximum atomic E-state index is 12.2. The van der Waals surface area contributed by atoms with Gasteiger partial charge in [0.15, 0.2) is 0 Å². The Morgan fingerprint density at radius 2 is 2.19 bits per heavy atom. The van der Waals surface area contributed by atoms with Crippen LogP contribution in [0, 0.1) is 5.92 Å². The summed E-state index contributed by atoms with van der Waals surface area (Å²) in [6, 6.07) is 6.12. The van der Waals surface area contributed by atoms with Gasteiger partial charge < -0.3 is 4.90 Å². The van der Waals surface area contributed by atoms with Crippen molar-refractivity contribution >= 4 is 27.5 Å². The third kappa shape index (κ3) is 3.57. The lowest BCUT2D eigenvalue weighted by molar-refractivity contribution is -0.117. The smallest absolute Gasteiger partial charge is 0.227 e. The summed E-state index contributed by atoms with van der Waals surface area (Å²) in [6.45, 7) is 7.45. The Kier molecular flexibility index (Phi) is 4.59. The fourth-order valence-corrected chi connectivity index (χ4v) is 3.07. The number of azide groups is 1. The lowest BCUT2D eigenvalue weighted by Crippen LogP contribution is -2.25. The van der Waals surface area contributed by atoms with Crippen molar-refractivity contribution in [1.82, 2.24) is 0 Å². The third-order valence-corrected chi connectivity index (χ3v) is 4.35. The molecule has 0 aromatic heterocycles. The van der Waals surface area contributed by atoms with Crippen LogP contribution in [0.4, 0.5) is 5.69 Å². The number of halogens is 1. The molecule has 0 saturated carbocycles. The molecule has 2 rings (SSSR count). The van der Waals surface area contributed by atoms with Crippen LogP contribution in [0.1, 0.15) is 32.8 Å². The van der Waals surface area contributed by atoms with Gasteiger partial charge in [-0.05, 0) is 50.5 Å². The summed E-state index contributed by atoms with van der Waals surface area (Å²) in [5, 5.41) is 3.58. The Morgan fingerprint density at radius 1 is 1.48 bits per heavy atom. The third-order valence-electron chi connectivity index (χ3n) is 3.71. The molecular weight excluding hydrogens is 332 g/mol. The van der Waals surface area contributed by atoms with Gasteiger partial charge in [0.05, 0.1) is 5.69 Å². The van der Waals surface area contributed by atoms with Crippen LogP contribution >= 0.6 is 15.9 Å². The van der Waals surface area contributed by atoms with Crippen molar-refractivity contribution in [2.24, 2.45) is 11.0 Å². The predicted molar refractivity (Wildman–Crippen MR) is 87.3 cm³/mol. The molecule has 6 heteroatoms. The standard InChI is InChI=1S/C15H19BrN4O/c1-15(2,3)11-4-5-13(12(16)7-11)20-9-10(6-14(20)21)8-18-19-17/h4-5,7,10H,6,8-9H2,1-3H3. The highest BCUT2D eigenvalue weighted by molar-refractivity contribution is 9.10. The molecule has 1 aliphatic heterocycles. The predicted octanol–water partition coefficient (Wildman–Crippen LogP) is 4.41. The molecular formula is C15H19BrN4O. The average molecular weight is 351 g/mol. The minimum absolute atomic E-state index is 0.0696. The molecule has 0 aliphatic carbocycles. The molecule has 21 heavy (non-hydrogen) atoms. The SMILES string of the molecule is CC(C)(C)c1ccc(N2CC(CN=[N+]=[N-])CC2=O)c(Br)c1. The molecule has 1 heterocycles. The van der Waals surface area contributed by atoms with Gasteiger partial charge in [-0.3, -0.25) is 4.79 Å². The number of hydrogen-bond donors (Lipinski definition) is 0. The number of rotatable bonds is 3. The van der Waals surface area contributed by atoms with Crippen LogP contribution in [-0.4, -0.2) is 19.0 Å². The molecule has 0 radical (unpaired) electrons. The van der Waals surface area contributed by atoms with E-state index in [1.165, 1.54) is 5.56 Å². The number of carbonyl (C=O) groups excluding carboxylic acids is 1. The number of nitrogens with zero attached hydrogens (tertiary/aromatic N) is 4. The van der Waals surface area contributed by atoms with Crippen molar-refractivity contribution in [3.63, 3.8) is 0 Å². The topological polar surface area (TPSA) is 69.1 Å². The number of amides is 1. The summed E-state index contributed by atoms with van der Waals surface area (Å²) in [4.78, 5) is 16.7. The monoisotopic (exact) mass is 350 g/mol. The van der Waals surface area contributed by atoms with Gasteiger partial charge in [0.25, 0.3) is 0 Å². The first kappa shape index (κ1) is 15.9. The number of anilines is 1. The highest BCUT2D eigenvalue weighted by atomic mass is 79.9. The zero-order chi connectivity index (χ0) is 15.6. The Hall–Kier alpha value is -1.52. The molecule has 1 amide bonds. The minimum Gasteiger partial charge on any atom is -0.311 e. The normalized spacial score (nSPS) is 18.8. The first-order chi connectivity index (χ1) is 9.82. The molecule has 1 unspecified atom stereocenters. The van der Waals surface area contributed by atoms with Crippen LogP contribution in [0.3, 0.4) is 0 Å². The van der Waals surface area contributed by atoms with Gasteiger partial charge in [-0.1, -0.05) is 32.0 Å². The summed E-state index contributed by atoms with van der Waals surface area (Å²) in [5.74, 6) is 0.181. The molecule has 5 nitrogen and oxygen atoms in total. The average Bonchev–Trinajstić information content (AvgIpc) is 2.76. The second-order valence-electron chi connectivity index (χ2n) is 6.40. The summed E-state index contributed by atoms with van der Waals surface area (Å²) in [6.07, 6.45) is 0.437. The molecule has 1 saturated heterocycles. The Morgan fingerprint density at radius 3 is 2.76 bits per heavy atom. The van der Waals surface area contributed by atoms with E-state index in [4.69, 9.17) is 5.53 Å². The van der Waals surface area contributed by atoms with Gasteiger partial charge in [-0.2, -0.15) is 0 Å². The molecule has 112 valence electrons. The van der Waals surface area contributed by atoms with Crippen LogP contribution < -0.4 is 4.90 Å². The maximum Gasteiger partial charge on any atom is 0.227 e. The summed E-state index contributed by atoms with van der Waals surface area (Å²) in [7, 11) is 0. The van der Waals surface area contributed by atoms with Crippen molar-refractivity contribution in [2.45, 2.75) is 32.6 Å². The van der Waals surface area contributed by atoms with E-state index in [1.807, 2.05) is 6.07 Å². The fourth-order valence-electron chi connectivity index (χ4n) is 2.48. The van der Waals surface area contributed by atoms with Crippen molar-refractivity contribution in [3.8, 4) is 0 Å². The van der Waals surface area contributed by atoms with Crippen molar-refractivity contribution < 1.29 is 4.79 Å². The molecule has 1 aromatic rings. The minimum atomic E-state index is 0.0696. The van der Waals surface area contributed by atoms with Gasteiger partial charge in [0.1, 0.15) is 0 Å². The number of benzene rings is 1. The quantitative estimate of drug-likeness (QED) is 0.452. The largest absolute Gasteiger partial charge is 0.311 e. The fraction of sp³-hybridized carbons (Fsp3) is 0.533. The van der Waals surface area contributed by atoms with Gasteiger partial charge in [-0.15, -0.1) is 0 Å². The van der Waals surface area contributed by atoms with E-state index in [2.05, 4.69) is 58.9 Å². The zero-order valence-electron chi connectivity index (χ0n) is 12.5.